The molecule has 4 rings (SSSR count). The lowest BCUT2D eigenvalue weighted by molar-refractivity contribution is -0.133. The Kier molecular flexibility index (Phi) is 6.46. The van der Waals surface area contributed by atoms with Crippen molar-refractivity contribution < 1.29 is 9.59 Å². The fourth-order valence-electron chi connectivity index (χ4n) is 4.29. The summed E-state index contributed by atoms with van der Waals surface area (Å²) in [6, 6.07) is 0.379. The highest BCUT2D eigenvalue weighted by molar-refractivity contribution is 7.99. The van der Waals surface area contributed by atoms with Crippen LogP contribution in [0.1, 0.15) is 44.6 Å². The number of rotatable bonds is 6. The molecule has 2 amide bonds. The van der Waals surface area contributed by atoms with Gasteiger partial charge in [0.15, 0.2) is 0 Å². The van der Waals surface area contributed by atoms with Gasteiger partial charge in [-0.2, -0.15) is 0 Å². The van der Waals surface area contributed by atoms with E-state index in [1.165, 1.54) is 24.6 Å². The highest BCUT2D eigenvalue weighted by Gasteiger charge is 2.26. The molecule has 0 atom stereocenters. The lowest BCUT2D eigenvalue weighted by Gasteiger charge is -2.35. The molecule has 0 N–H and O–H groups in total. The van der Waals surface area contributed by atoms with Crippen molar-refractivity contribution in [3.63, 3.8) is 0 Å². The van der Waals surface area contributed by atoms with Gasteiger partial charge in [0, 0.05) is 39.3 Å². The van der Waals surface area contributed by atoms with Gasteiger partial charge in [-0.15, -0.1) is 5.10 Å². The third-order valence-corrected chi connectivity index (χ3v) is 6.92. The Hall–Kier alpha value is -1.68. The molecule has 154 valence electrons. The Labute approximate surface area is 169 Å². The van der Waals surface area contributed by atoms with Gasteiger partial charge in [0.05, 0.1) is 18.3 Å². The van der Waals surface area contributed by atoms with Crippen LogP contribution in [0.15, 0.2) is 5.16 Å². The standard InChI is InChI=1S/C18H29N7O2S/c26-16(23-7-3-4-8-23)13-22-9-11-24(12-10-22)17(27)14-28-18-19-20-21-25(18)15-5-1-2-6-15/h15H,1-14H2. The maximum Gasteiger partial charge on any atom is 0.236 e. The summed E-state index contributed by atoms with van der Waals surface area (Å²) in [4.78, 5) is 30.9. The van der Waals surface area contributed by atoms with Gasteiger partial charge in [-0.3, -0.25) is 14.5 Å². The number of aromatic nitrogens is 4. The third kappa shape index (κ3) is 4.65. The molecule has 3 heterocycles. The Bertz CT molecular complexity index is 677. The fourth-order valence-corrected chi connectivity index (χ4v) is 5.14. The smallest absolute Gasteiger partial charge is 0.236 e. The Morgan fingerprint density at radius 3 is 2.29 bits per heavy atom. The second-order valence-corrected chi connectivity index (χ2v) is 8.82. The van der Waals surface area contributed by atoms with Crippen LogP contribution in [0, 0.1) is 0 Å². The van der Waals surface area contributed by atoms with E-state index in [-0.39, 0.29) is 11.8 Å². The van der Waals surface area contributed by atoms with Crippen LogP contribution in [-0.4, -0.2) is 98.3 Å². The molecule has 2 aliphatic heterocycles. The molecule has 9 nitrogen and oxygen atoms in total. The minimum absolute atomic E-state index is 0.122. The van der Waals surface area contributed by atoms with E-state index in [4.69, 9.17) is 0 Å². The second-order valence-electron chi connectivity index (χ2n) is 7.88. The number of carbonyl (C=O) groups excluding carboxylic acids is 2. The van der Waals surface area contributed by atoms with Crippen LogP contribution in [-0.2, 0) is 9.59 Å². The Morgan fingerprint density at radius 1 is 0.893 bits per heavy atom. The SMILES string of the molecule is O=C(CSc1nnnn1C1CCCC1)N1CCN(CC(=O)N2CCCC2)CC1. The number of carbonyl (C=O) groups is 2. The quantitative estimate of drug-likeness (QED) is 0.640. The first-order valence-corrected chi connectivity index (χ1v) is 11.4. The number of thioether (sulfide) groups is 1. The van der Waals surface area contributed by atoms with Crippen LogP contribution in [0.3, 0.4) is 0 Å². The van der Waals surface area contributed by atoms with Crippen LogP contribution in [0.2, 0.25) is 0 Å². The van der Waals surface area contributed by atoms with Gasteiger partial charge in [0.1, 0.15) is 0 Å². The Balaban J connectivity index is 1.20. The number of piperazine rings is 1. The van der Waals surface area contributed by atoms with Crippen molar-refractivity contribution in [2.45, 2.75) is 49.7 Å². The minimum atomic E-state index is 0.122. The van der Waals surface area contributed by atoms with E-state index >= 15 is 0 Å². The van der Waals surface area contributed by atoms with E-state index in [0.717, 1.165) is 57.0 Å². The third-order valence-electron chi connectivity index (χ3n) is 6.00. The molecule has 0 radical (unpaired) electrons. The predicted molar refractivity (Wildman–Crippen MR) is 105 cm³/mol. The van der Waals surface area contributed by atoms with E-state index in [0.29, 0.717) is 31.4 Å². The van der Waals surface area contributed by atoms with E-state index < -0.39 is 0 Å². The van der Waals surface area contributed by atoms with Gasteiger partial charge >= 0.3 is 0 Å². The number of hydrogen-bond acceptors (Lipinski definition) is 7. The maximum atomic E-state index is 12.6. The molecule has 0 unspecified atom stereocenters. The first kappa shape index (κ1) is 19.6. The summed E-state index contributed by atoms with van der Waals surface area (Å²) in [5.74, 6) is 0.711. The predicted octanol–water partition coefficient (Wildman–Crippen LogP) is 0.647. The van der Waals surface area contributed by atoms with E-state index in [1.807, 2.05) is 14.5 Å². The zero-order valence-electron chi connectivity index (χ0n) is 16.3. The minimum Gasteiger partial charge on any atom is -0.342 e. The summed E-state index contributed by atoms with van der Waals surface area (Å²) in [6.45, 7) is 5.16. The van der Waals surface area contributed by atoms with E-state index in [2.05, 4.69) is 20.4 Å². The van der Waals surface area contributed by atoms with Crippen LogP contribution >= 0.6 is 11.8 Å². The molecular formula is C18H29N7O2S. The summed E-state index contributed by atoms with van der Waals surface area (Å²) in [7, 11) is 0. The van der Waals surface area contributed by atoms with Gasteiger partial charge in [-0.05, 0) is 36.1 Å². The topological polar surface area (TPSA) is 87.5 Å². The van der Waals surface area contributed by atoms with Crippen molar-refractivity contribution in [1.29, 1.82) is 0 Å². The maximum absolute atomic E-state index is 12.6. The lowest BCUT2D eigenvalue weighted by Crippen LogP contribution is -2.51. The number of tetrazole rings is 1. The fraction of sp³-hybridized carbons (Fsp3) is 0.833. The van der Waals surface area contributed by atoms with Gasteiger partial charge in [-0.25, -0.2) is 4.68 Å². The highest BCUT2D eigenvalue weighted by atomic mass is 32.2. The van der Waals surface area contributed by atoms with E-state index in [9.17, 15) is 9.59 Å². The van der Waals surface area contributed by atoms with Crippen molar-refractivity contribution in [2.75, 3.05) is 51.6 Å². The molecule has 0 spiro atoms. The van der Waals surface area contributed by atoms with Crippen molar-refractivity contribution in [1.82, 2.24) is 34.9 Å². The number of hydrogen-bond donors (Lipinski definition) is 0. The normalized spacial score (nSPS) is 21.6. The Morgan fingerprint density at radius 2 is 1.57 bits per heavy atom. The van der Waals surface area contributed by atoms with Crippen LogP contribution in [0.4, 0.5) is 0 Å². The summed E-state index contributed by atoms with van der Waals surface area (Å²) >= 11 is 1.43. The van der Waals surface area contributed by atoms with Crippen LogP contribution < -0.4 is 0 Å². The number of amides is 2. The molecule has 10 heteroatoms. The number of likely N-dealkylation sites (tertiary alicyclic amines) is 1. The summed E-state index contributed by atoms with van der Waals surface area (Å²) < 4.78 is 1.90. The molecule has 28 heavy (non-hydrogen) atoms. The van der Waals surface area contributed by atoms with Crippen LogP contribution in [0.25, 0.3) is 0 Å². The average Bonchev–Trinajstić information content (AvgIpc) is 3.48. The van der Waals surface area contributed by atoms with Gasteiger partial charge in [0.25, 0.3) is 0 Å². The average molecular weight is 408 g/mol. The molecule has 0 bridgehead atoms. The van der Waals surface area contributed by atoms with Crippen molar-refractivity contribution >= 4 is 23.6 Å². The molecular weight excluding hydrogens is 378 g/mol. The second kappa shape index (κ2) is 9.21. The van der Waals surface area contributed by atoms with Gasteiger partial charge in [0.2, 0.25) is 17.0 Å². The zero-order chi connectivity index (χ0) is 19.3. The number of nitrogens with zero attached hydrogens (tertiary/aromatic N) is 7. The molecule has 1 aliphatic carbocycles. The summed E-state index contributed by atoms with van der Waals surface area (Å²) in [5.41, 5.74) is 0. The summed E-state index contributed by atoms with van der Waals surface area (Å²) in [6.07, 6.45) is 6.91. The van der Waals surface area contributed by atoms with Crippen molar-refractivity contribution in [2.24, 2.45) is 0 Å². The highest BCUT2D eigenvalue weighted by Crippen LogP contribution is 2.31. The molecule has 1 aromatic rings. The first-order valence-electron chi connectivity index (χ1n) is 10.4. The zero-order valence-corrected chi connectivity index (χ0v) is 17.1. The molecule has 2 saturated heterocycles. The lowest BCUT2D eigenvalue weighted by atomic mass is 10.3. The molecule has 0 aromatic carbocycles. The first-order chi connectivity index (χ1) is 13.7. The van der Waals surface area contributed by atoms with E-state index in [1.54, 1.807) is 0 Å². The van der Waals surface area contributed by atoms with Crippen molar-refractivity contribution in [3.8, 4) is 0 Å². The monoisotopic (exact) mass is 407 g/mol. The van der Waals surface area contributed by atoms with Gasteiger partial charge < -0.3 is 9.80 Å². The molecule has 1 aromatic heterocycles. The largest absolute Gasteiger partial charge is 0.342 e. The van der Waals surface area contributed by atoms with Crippen molar-refractivity contribution in [3.05, 3.63) is 0 Å². The van der Waals surface area contributed by atoms with Crippen LogP contribution in [0.5, 0.6) is 0 Å². The summed E-state index contributed by atoms with van der Waals surface area (Å²) in [5, 5.41) is 12.8. The molecule has 1 saturated carbocycles. The molecule has 3 aliphatic rings. The molecule has 3 fully saturated rings. The van der Waals surface area contributed by atoms with Gasteiger partial charge in [-0.1, -0.05) is 24.6 Å².